The van der Waals surface area contributed by atoms with Crippen molar-refractivity contribution in [2.45, 2.75) is 25.8 Å². The van der Waals surface area contributed by atoms with Crippen molar-refractivity contribution in [3.8, 4) is 0 Å². The first-order chi connectivity index (χ1) is 13.0. The standard InChI is InChI=1S/C20H21ClFN3O2/c1-2-16(25-20(27)13-7-9-24-11-13)14-5-6-15(21)17(18(14)22)19(26)12-4-3-8-23-10-12/h3-6,8,10,13,16,24H,2,7,9,11H2,1H3,(H,25,27)/t13?,16-/m0/s1. The van der Waals surface area contributed by atoms with Gasteiger partial charge in [-0.2, -0.15) is 0 Å². The molecule has 1 fully saturated rings. The number of amides is 1. The van der Waals surface area contributed by atoms with E-state index >= 15 is 4.39 Å². The largest absolute Gasteiger partial charge is 0.349 e. The average Bonchev–Trinajstić information content (AvgIpc) is 3.22. The molecule has 2 aromatic rings. The van der Waals surface area contributed by atoms with Crippen LogP contribution < -0.4 is 10.6 Å². The Morgan fingerprint density at radius 3 is 2.85 bits per heavy atom. The van der Waals surface area contributed by atoms with Gasteiger partial charge in [0.2, 0.25) is 5.91 Å². The highest BCUT2D eigenvalue weighted by Gasteiger charge is 2.28. The number of benzene rings is 1. The molecule has 142 valence electrons. The molecule has 27 heavy (non-hydrogen) atoms. The van der Waals surface area contributed by atoms with E-state index < -0.39 is 17.6 Å². The zero-order valence-electron chi connectivity index (χ0n) is 15.0. The first-order valence-corrected chi connectivity index (χ1v) is 9.34. The molecule has 1 aliphatic heterocycles. The maximum absolute atomic E-state index is 15.2. The number of halogens is 2. The van der Waals surface area contributed by atoms with Crippen molar-refractivity contribution in [1.29, 1.82) is 0 Å². The summed E-state index contributed by atoms with van der Waals surface area (Å²) in [5.74, 6) is -1.46. The Labute approximate surface area is 162 Å². The monoisotopic (exact) mass is 389 g/mol. The highest BCUT2D eigenvalue weighted by molar-refractivity contribution is 6.35. The fourth-order valence-corrected chi connectivity index (χ4v) is 3.49. The molecule has 1 aromatic heterocycles. The van der Waals surface area contributed by atoms with Gasteiger partial charge < -0.3 is 10.6 Å². The van der Waals surface area contributed by atoms with Gasteiger partial charge in [0.25, 0.3) is 0 Å². The number of rotatable bonds is 6. The van der Waals surface area contributed by atoms with Crippen LogP contribution in [-0.4, -0.2) is 29.8 Å². The Morgan fingerprint density at radius 2 is 2.22 bits per heavy atom. The molecule has 2 heterocycles. The lowest BCUT2D eigenvalue weighted by Crippen LogP contribution is -2.35. The number of hydrogen-bond acceptors (Lipinski definition) is 4. The van der Waals surface area contributed by atoms with E-state index in [0.29, 0.717) is 13.0 Å². The van der Waals surface area contributed by atoms with E-state index in [1.807, 2.05) is 6.92 Å². The van der Waals surface area contributed by atoms with Gasteiger partial charge in [-0.1, -0.05) is 24.6 Å². The van der Waals surface area contributed by atoms with Gasteiger partial charge in [0, 0.05) is 30.1 Å². The summed E-state index contributed by atoms with van der Waals surface area (Å²) in [6, 6.07) is 5.65. The van der Waals surface area contributed by atoms with Crippen molar-refractivity contribution in [3.63, 3.8) is 0 Å². The molecular weight excluding hydrogens is 369 g/mol. The molecule has 2 atom stereocenters. The number of hydrogen-bond donors (Lipinski definition) is 2. The lowest BCUT2D eigenvalue weighted by atomic mass is 9.96. The van der Waals surface area contributed by atoms with Crippen LogP contribution in [0.3, 0.4) is 0 Å². The van der Waals surface area contributed by atoms with Gasteiger partial charge in [-0.15, -0.1) is 0 Å². The van der Waals surface area contributed by atoms with Crippen LogP contribution in [0.4, 0.5) is 4.39 Å². The van der Waals surface area contributed by atoms with Crippen LogP contribution in [0, 0.1) is 11.7 Å². The van der Waals surface area contributed by atoms with E-state index in [1.54, 1.807) is 12.1 Å². The van der Waals surface area contributed by atoms with Gasteiger partial charge in [-0.05, 0) is 37.6 Å². The number of nitrogens with zero attached hydrogens (tertiary/aromatic N) is 1. The Kier molecular flexibility index (Phi) is 6.19. The van der Waals surface area contributed by atoms with Crippen LogP contribution in [0.1, 0.15) is 47.3 Å². The van der Waals surface area contributed by atoms with Crippen molar-refractivity contribution in [2.24, 2.45) is 5.92 Å². The topological polar surface area (TPSA) is 71.1 Å². The fourth-order valence-electron chi connectivity index (χ4n) is 3.26. The van der Waals surface area contributed by atoms with E-state index in [2.05, 4.69) is 15.6 Å². The normalized spacial score (nSPS) is 17.5. The SMILES string of the molecule is CC[C@H](NC(=O)C1CCNC1)c1ccc(Cl)c(C(=O)c2cccnc2)c1F. The zero-order valence-corrected chi connectivity index (χ0v) is 15.7. The molecule has 1 aliphatic rings. The molecule has 1 amide bonds. The minimum absolute atomic E-state index is 0.0336. The first kappa shape index (κ1) is 19.5. The summed E-state index contributed by atoms with van der Waals surface area (Å²) in [7, 11) is 0. The number of carbonyl (C=O) groups is 2. The maximum atomic E-state index is 15.2. The van der Waals surface area contributed by atoms with Crippen LogP contribution >= 0.6 is 11.6 Å². The van der Waals surface area contributed by atoms with Gasteiger partial charge >= 0.3 is 0 Å². The Bertz CT molecular complexity index is 839. The fraction of sp³-hybridized carbons (Fsp3) is 0.350. The molecule has 0 radical (unpaired) electrons. The minimum atomic E-state index is -0.701. The summed E-state index contributed by atoms with van der Waals surface area (Å²) in [5.41, 5.74) is 0.315. The smallest absolute Gasteiger partial charge is 0.224 e. The molecule has 3 rings (SSSR count). The molecule has 0 aliphatic carbocycles. The lowest BCUT2D eigenvalue weighted by Gasteiger charge is -2.21. The predicted molar refractivity (Wildman–Crippen MR) is 101 cm³/mol. The zero-order chi connectivity index (χ0) is 19.4. The second-order valence-electron chi connectivity index (χ2n) is 6.56. The van der Waals surface area contributed by atoms with E-state index in [9.17, 15) is 9.59 Å². The summed E-state index contributed by atoms with van der Waals surface area (Å²) < 4.78 is 15.2. The average molecular weight is 390 g/mol. The maximum Gasteiger partial charge on any atom is 0.224 e. The Hall–Kier alpha value is -2.31. The number of aromatic nitrogens is 1. The number of pyridine rings is 1. The summed E-state index contributed by atoms with van der Waals surface area (Å²) in [4.78, 5) is 29.1. The molecule has 1 aromatic carbocycles. The molecule has 7 heteroatoms. The third-order valence-electron chi connectivity index (χ3n) is 4.80. The molecule has 0 spiro atoms. The molecule has 1 unspecified atom stereocenters. The van der Waals surface area contributed by atoms with Crippen molar-refractivity contribution in [1.82, 2.24) is 15.6 Å². The van der Waals surface area contributed by atoms with Crippen molar-refractivity contribution < 1.29 is 14.0 Å². The van der Waals surface area contributed by atoms with Crippen LogP contribution in [0.2, 0.25) is 5.02 Å². The van der Waals surface area contributed by atoms with Crippen molar-refractivity contribution in [2.75, 3.05) is 13.1 Å². The van der Waals surface area contributed by atoms with E-state index in [4.69, 9.17) is 11.6 Å². The Morgan fingerprint density at radius 1 is 1.41 bits per heavy atom. The Balaban J connectivity index is 1.91. The van der Waals surface area contributed by atoms with E-state index in [0.717, 1.165) is 13.0 Å². The highest BCUT2D eigenvalue weighted by atomic mass is 35.5. The van der Waals surface area contributed by atoms with E-state index in [-0.39, 0.29) is 33.5 Å². The second kappa shape index (κ2) is 8.59. The summed E-state index contributed by atoms with van der Waals surface area (Å²) >= 11 is 6.13. The van der Waals surface area contributed by atoms with Crippen LogP contribution in [0.15, 0.2) is 36.7 Å². The third kappa shape index (κ3) is 4.17. The lowest BCUT2D eigenvalue weighted by molar-refractivity contribution is -0.125. The molecule has 2 N–H and O–H groups in total. The predicted octanol–water partition coefficient (Wildman–Crippen LogP) is 3.28. The molecular formula is C20H21ClFN3O2. The van der Waals surface area contributed by atoms with Crippen molar-refractivity contribution >= 4 is 23.3 Å². The van der Waals surface area contributed by atoms with Gasteiger partial charge in [-0.3, -0.25) is 14.6 Å². The van der Waals surface area contributed by atoms with Gasteiger partial charge in [0.1, 0.15) is 5.82 Å². The van der Waals surface area contributed by atoms with Gasteiger partial charge in [0.05, 0.1) is 22.5 Å². The highest BCUT2D eigenvalue weighted by Crippen LogP contribution is 2.30. The van der Waals surface area contributed by atoms with E-state index in [1.165, 1.54) is 24.5 Å². The summed E-state index contributed by atoms with van der Waals surface area (Å²) in [6.45, 7) is 3.28. The quantitative estimate of drug-likeness (QED) is 0.744. The van der Waals surface area contributed by atoms with Crippen molar-refractivity contribution in [3.05, 3.63) is 64.2 Å². The molecule has 1 saturated heterocycles. The van der Waals surface area contributed by atoms with Crippen LogP contribution in [-0.2, 0) is 4.79 Å². The van der Waals surface area contributed by atoms with Crippen LogP contribution in [0.25, 0.3) is 0 Å². The third-order valence-corrected chi connectivity index (χ3v) is 5.12. The number of ketones is 1. The summed E-state index contributed by atoms with van der Waals surface area (Å²) in [5, 5.41) is 6.08. The number of carbonyl (C=O) groups excluding carboxylic acids is 2. The van der Waals surface area contributed by atoms with Gasteiger partial charge in [0.15, 0.2) is 5.78 Å². The molecule has 0 bridgehead atoms. The molecule has 0 saturated carbocycles. The van der Waals surface area contributed by atoms with Gasteiger partial charge in [-0.25, -0.2) is 4.39 Å². The minimum Gasteiger partial charge on any atom is -0.349 e. The summed E-state index contributed by atoms with van der Waals surface area (Å²) in [6.07, 6.45) is 4.16. The molecule has 5 nitrogen and oxygen atoms in total. The number of nitrogens with one attached hydrogen (secondary N) is 2. The van der Waals surface area contributed by atoms with Crippen LogP contribution in [0.5, 0.6) is 0 Å². The first-order valence-electron chi connectivity index (χ1n) is 8.96. The second-order valence-corrected chi connectivity index (χ2v) is 6.96.